The molecule has 156 valence electrons. The van der Waals surface area contributed by atoms with E-state index in [1.54, 1.807) is 42.5 Å². The molecule has 0 radical (unpaired) electrons. The van der Waals surface area contributed by atoms with Crippen LogP contribution in [-0.2, 0) is 16.0 Å². The largest absolute Gasteiger partial charge is 0.452 e. The van der Waals surface area contributed by atoms with Gasteiger partial charge in [-0.1, -0.05) is 66.7 Å². The summed E-state index contributed by atoms with van der Waals surface area (Å²) < 4.78 is 5.26. The Morgan fingerprint density at radius 2 is 1.58 bits per heavy atom. The highest BCUT2D eigenvalue weighted by Gasteiger charge is 2.17. The van der Waals surface area contributed by atoms with Crippen LogP contribution in [0.4, 0.5) is 0 Å². The average molecular weight is 412 g/mol. The Kier molecular flexibility index (Phi) is 7.56. The predicted molar refractivity (Wildman–Crippen MR) is 119 cm³/mol. The minimum atomic E-state index is -0.601. The summed E-state index contributed by atoms with van der Waals surface area (Å²) in [5.74, 6) is -0.945. The van der Waals surface area contributed by atoms with E-state index in [0.717, 1.165) is 12.8 Å². The molecule has 1 atom stereocenters. The first-order valence-corrected chi connectivity index (χ1v) is 10.2. The molecule has 31 heavy (non-hydrogen) atoms. The van der Waals surface area contributed by atoms with Crippen molar-refractivity contribution in [3.8, 4) is 17.2 Å². The molecule has 0 fully saturated rings. The summed E-state index contributed by atoms with van der Waals surface area (Å²) in [6.07, 6.45) is 1.64. The lowest BCUT2D eigenvalue weighted by molar-refractivity contribution is -0.124. The van der Waals surface area contributed by atoms with Crippen molar-refractivity contribution in [1.29, 1.82) is 5.26 Å². The topological polar surface area (TPSA) is 79.2 Å². The van der Waals surface area contributed by atoms with Crippen molar-refractivity contribution in [2.24, 2.45) is 0 Å². The lowest BCUT2D eigenvalue weighted by Crippen LogP contribution is -2.36. The van der Waals surface area contributed by atoms with Crippen LogP contribution in [0, 0.1) is 11.3 Å². The van der Waals surface area contributed by atoms with Crippen LogP contribution in [0.25, 0.3) is 11.1 Å². The van der Waals surface area contributed by atoms with Crippen molar-refractivity contribution in [2.75, 3.05) is 6.61 Å². The number of ether oxygens (including phenoxy) is 1. The Labute approximate surface area is 182 Å². The molecule has 5 nitrogen and oxygen atoms in total. The number of aryl methyl sites for hydroxylation is 1. The SMILES string of the molecule is C[C@H](CCc1ccccc1)NC(=O)COC(=O)c1ccccc1-c1ccccc1C#N. The lowest BCUT2D eigenvalue weighted by Gasteiger charge is -2.15. The standard InChI is InChI=1S/C26H24N2O3/c1-19(15-16-20-9-3-2-4-10-20)28-25(29)18-31-26(30)24-14-8-7-13-23(24)22-12-6-5-11-21(22)17-27/h2-14,19H,15-16,18H2,1H3,(H,28,29)/t19-/m1/s1. The van der Waals surface area contributed by atoms with Crippen LogP contribution in [0.3, 0.4) is 0 Å². The van der Waals surface area contributed by atoms with Crippen LogP contribution in [0.5, 0.6) is 0 Å². The number of hydrogen-bond acceptors (Lipinski definition) is 4. The van der Waals surface area contributed by atoms with E-state index in [9.17, 15) is 14.9 Å². The predicted octanol–water partition coefficient (Wildman–Crippen LogP) is 4.52. The summed E-state index contributed by atoms with van der Waals surface area (Å²) in [4.78, 5) is 24.9. The molecule has 1 amide bonds. The lowest BCUT2D eigenvalue weighted by atomic mass is 9.96. The first-order valence-electron chi connectivity index (χ1n) is 10.2. The number of hydrogen-bond donors (Lipinski definition) is 1. The highest BCUT2D eigenvalue weighted by Crippen LogP contribution is 2.27. The third kappa shape index (κ3) is 6.03. The second-order valence-electron chi connectivity index (χ2n) is 7.27. The van der Waals surface area contributed by atoms with Gasteiger partial charge in [0, 0.05) is 11.6 Å². The summed E-state index contributed by atoms with van der Waals surface area (Å²) in [6, 6.07) is 26.1. The van der Waals surface area contributed by atoms with Gasteiger partial charge in [-0.05, 0) is 43.0 Å². The van der Waals surface area contributed by atoms with Gasteiger partial charge in [-0.25, -0.2) is 4.79 Å². The van der Waals surface area contributed by atoms with E-state index in [0.29, 0.717) is 22.3 Å². The van der Waals surface area contributed by atoms with Gasteiger partial charge in [-0.3, -0.25) is 4.79 Å². The average Bonchev–Trinajstić information content (AvgIpc) is 2.82. The molecule has 0 heterocycles. The number of amides is 1. The first-order chi connectivity index (χ1) is 15.1. The van der Waals surface area contributed by atoms with Gasteiger partial charge in [-0.2, -0.15) is 5.26 Å². The number of rotatable bonds is 8. The number of benzene rings is 3. The second kappa shape index (κ2) is 10.7. The normalized spacial score (nSPS) is 11.2. The molecule has 0 aliphatic heterocycles. The third-order valence-corrected chi connectivity index (χ3v) is 4.94. The molecule has 1 N–H and O–H groups in total. The maximum Gasteiger partial charge on any atom is 0.339 e. The minimum absolute atomic E-state index is 0.0406. The van der Waals surface area contributed by atoms with Crippen LogP contribution >= 0.6 is 0 Å². The van der Waals surface area contributed by atoms with Crippen LogP contribution in [0.2, 0.25) is 0 Å². The Balaban J connectivity index is 1.57. The summed E-state index contributed by atoms with van der Waals surface area (Å²) in [5.41, 5.74) is 3.24. The molecular formula is C26H24N2O3. The van der Waals surface area contributed by atoms with Gasteiger partial charge in [0.05, 0.1) is 17.2 Å². The van der Waals surface area contributed by atoms with Crippen LogP contribution in [0.1, 0.15) is 34.8 Å². The Bertz CT molecular complexity index is 1090. The number of nitriles is 1. The summed E-state index contributed by atoms with van der Waals surface area (Å²) in [5, 5.41) is 12.2. The van der Waals surface area contributed by atoms with Crippen molar-refractivity contribution in [3.63, 3.8) is 0 Å². The number of esters is 1. The number of nitrogens with one attached hydrogen (secondary N) is 1. The maximum absolute atomic E-state index is 12.7. The van der Waals surface area contributed by atoms with Crippen LogP contribution in [-0.4, -0.2) is 24.5 Å². The van der Waals surface area contributed by atoms with Gasteiger partial charge in [0.15, 0.2) is 6.61 Å². The van der Waals surface area contributed by atoms with Crippen molar-refractivity contribution in [1.82, 2.24) is 5.32 Å². The van der Waals surface area contributed by atoms with Crippen molar-refractivity contribution >= 4 is 11.9 Å². The van der Waals surface area contributed by atoms with E-state index in [4.69, 9.17) is 4.74 Å². The van der Waals surface area contributed by atoms with Crippen molar-refractivity contribution < 1.29 is 14.3 Å². The third-order valence-electron chi connectivity index (χ3n) is 4.94. The Hall–Kier alpha value is -3.91. The molecule has 3 rings (SSSR count). The Morgan fingerprint density at radius 1 is 0.935 bits per heavy atom. The van der Waals surface area contributed by atoms with Gasteiger partial charge in [0.25, 0.3) is 5.91 Å². The maximum atomic E-state index is 12.7. The summed E-state index contributed by atoms with van der Waals surface area (Å²) in [7, 11) is 0. The first kappa shape index (κ1) is 21.8. The van der Waals surface area contributed by atoms with Gasteiger partial charge in [-0.15, -0.1) is 0 Å². The molecule has 0 bridgehead atoms. The number of carbonyl (C=O) groups excluding carboxylic acids is 2. The highest BCUT2D eigenvalue weighted by atomic mass is 16.5. The second-order valence-corrected chi connectivity index (χ2v) is 7.27. The quantitative estimate of drug-likeness (QED) is 0.552. The summed E-state index contributed by atoms with van der Waals surface area (Å²) in [6.45, 7) is 1.57. The molecule has 5 heteroatoms. The molecule has 0 aliphatic carbocycles. The van der Waals surface area contributed by atoms with Crippen LogP contribution in [0.15, 0.2) is 78.9 Å². The smallest absolute Gasteiger partial charge is 0.339 e. The zero-order chi connectivity index (χ0) is 22.1. The van der Waals surface area contributed by atoms with E-state index < -0.39 is 5.97 Å². The number of carbonyl (C=O) groups is 2. The van der Waals surface area contributed by atoms with Gasteiger partial charge in [0.2, 0.25) is 0 Å². The molecule has 3 aromatic rings. The van der Waals surface area contributed by atoms with Gasteiger partial charge >= 0.3 is 5.97 Å². The minimum Gasteiger partial charge on any atom is -0.452 e. The zero-order valence-corrected chi connectivity index (χ0v) is 17.4. The molecular weight excluding hydrogens is 388 g/mol. The summed E-state index contributed by atoms with van der Waals surface area (Å²) >= 11 is 0. The molecule has 0 spiro atoms. The van der Waals surface area contributed by atoms with Crippen molar-refractivity contribution in [3.05, 3.63) is 95.6 Å². The van der Waals surface area contributed by atoms with E-state index >= 15 is 0 Å². The highest BCUT2D eigenvalue weighted by molar-refractivity contribution is 5.98. The van der Waals surface area contributed by atoms with Crippen LogP contribution < -0.4 is 5.32 Å². The molecule has 0 aromatic heterocycles. The van der Waals surface area contributed by atoms with E-state index in [1.807, 2.05) is 31.2 Å². The van der Waals surface area contributed by atoms with Crippen molar-refractivity contribution in [2.45, 2.75) is 25.8 Å². The molecule has 0 unspecified atom stereocenters. The van der Waals surface area contributed by atoms with E-state index in [-0.39, 0.29) is 18.6 Å². The molecule has 3 aromatic carbocycles. The molecule has 0 saturated carbocycles. The zero-order valence-electron chi connectivity index (χ0n) is 17.4. The molecule has 0 saturated heterocycles. The van der Waals surface area contributed by atoms with E-state index in [1.165, 1.54) is 5.56 Å². The number of nitrogens with zero attached hydrogens (tertiary/aromatic N) is 1. The fourth-order valence-corrected chi connectivity index (χ4v) is 3.34. The Morgan fingerprint density at radius 3 is 2.32 bits per heavy atom. The van der Waals surface area contributed by atoms with Gasteiger partial charge < -0.3 is 10.1 Å². The fraction of sp³-hybridized carbons (Fsp3) is 0.192. The monoisotopic (exact) mass is 412 g/mol. The fourth-order valence-electron chi connectivity index (χ4n) is 3.34. The van der Waals surface area contributed by atoms with E-state index in [2.05, 4.69) is 23.5 Å². The van der Waals surface area contributed by atoms with Gasteiger partial charge in [0.1, 0.15) is 0 Å². The molecule has 0 aliphatic rings.